The summed E-state index contributed by atoms with van der Waals surface area (Å²) in [6.45, 7) is 17.0. The molecular formula is C56H40B2Cl4N8. The molecule has 0 atom stereocenters. The van der Waals surface area contributed by atoms with Gasteiger partial charge in [-0.05, 0) is 36.1 Å². The maximum Gasteiger partial charge on any atom is 0.327 e. The monoisotopic (exact) mass is 986 g/mol. The number of hydrogen-bond donors (Lipinski definition) is 0. The second kappa shape index (κ2) is 19.3. The Morgan fingerprint density at radius 1 is 0.529 bits per heavy atom. The van der Waals surface area contributed by atoms with Gasteiger partial charge in [-0.3, -0.25) is 15.0 Å². The van der Waals surface area contributed by atoms with Gasteiger partial charge in [0, 0.05) is 33.7 Å². The van der Waals surface area contributed by atoms with Crippen molar-refractivity contribution in [3.63, 3.8) is 0 Å². The van der Waals surface area contributed by atoms with E-state index in [9.17, 15) is 11.8 Å². The molecule has 0 fully saturated rings. The molecule has 10 aromatic rings. The third-order valence-corrected chi connectivity index (χ3v) is 14.1. The molecule has 0 amide bonds. The van der Waals surface area contributed by atoms with Crippen molar-refractivity contribution in [2.24, 2.45) is 0 Å². The zero-order chi connectivity index (χ0) is 48.8. The van der Waals surface area contributed by atoms with E-state index in [0.717, 1.165) is 44.0 Å². The summed E-state index contributed by atoms with van der Waals surface area (Å²) in [7, 11) is 0. The predicted molar refractivity (Wildman–Crippen MR) is 290 cm³/mol. The lowest BCUT2D eigenvalue weighted by Crippen LogP contribution is -2.55. The Balaban J connectivity index is 1.53. The van der Waals surface area contributed by atoms with Crippen LogP contribution in [0.1, 0.15) is 62.3 Å². The quantitative estimate of drug-likeness (QED) is 0.101. The van der Waals surface area contributed by atoms with E-state index < -0.39 is 13.7 Å². The van der Waals surface area contributed by atoms with Crippen LogP contribution in [0.5, 0.6) is 0 Å². The predicted octanol–water partition coefficient (Wildman–Crippen LogP) is 10.3. The number of fused-ring (bicyclic) bond motifs is 3. The van der Waals surface area contributed by atoms with Crippen molar-refractivity contribution >= 4 is 126 Å². The van der Waals surface area contributed by atoms with Crippen molar-refractivity contribution in [1.29, 1.82) is 5.26 Å². The summed E-state index contributed by atoms with van der Waals surface area (Å²) in [5, 5.41) is 16.1. The molecule has 0 aliphatic carbocycles. The van der Waals surface area contributed by atoms with Gasteiger partial charge in [-0.15, -0.1) is 0 Å². The summed E-state index contributed by atoms with van der Waals surface area (Å²) >= 11 is 26.2. The first kappa shape index (κ1) is 46.6. The van der Waals surface area contributed by atoms with E-state index in [1.165, 1.54) is 0 Å². The smallest absolute Gasteiger partial charge is 0.327 e. The highest BCUT2D eigenvalue weighted by atomic mass is 35.5. The van der Waals surface area contributed by atoms with Crippen molar-refractivity contribution < 1.29 is 0 Å². The lowest BCUT2D eigenvalue weighted by atomic mass is 9.49. The number of nitrogens with zero attached hydrogens (tertiary/aromatic N) is 8. The first-order chi connectivity index (χ1) is 34.0. The average molecular weight is 988 g/mol. The third-order valence-electron chi connectivity index (χ3n) is 12.7. The topological polar surface area (TPSA) is 89.6 Å². The Hall–Kier alpha value is -7.17. The highest BCUT2D eigenvalue weighted by molar-refractivity contribution is 6.85. The molecule has 14 heteroatoms. The van der Waals surface area contributed by atoms with Gasteiger partial charge < -0.3 is 8.96 Å². The maximum atomic E-state index is 11.9. The van der Waals surface area contributed by atoms with Crippen LogP contribution in [0.4, 0.5) is 0 Å². The van der Waals surface area contributed by atoms with E-state index in [4.69, 9.17) is 66.3 Å². The number of halogens is 4. The summed E-state index contributed by atoms with van der Waals surface area (Å²) in [6.07, 6.45) is 3.27. The van der Waals surface area contributed by atoms with Gasteiger partial charge in [0.2, 0.25) is 5.70 Å². The molecule has 0 saturated heterocycles. The van der Waals surface area contributed by atoms with E-state index in [2.05, 4.69) is 96.1 Å². The molecule has 0 aliphatic heterocycles. The van der Waals surface area contributed by atoms with Crippen molar-refractivity contribution in [2.75, 3.05) is 0 Å². The molecular weight excluding hydrogens is 948 g/mol. The lowest BCUT2D eigenvalue weighted by molar-refractivity contribution is 0.796. The molecule has 0 spiro atoms. The number of aromatic nitrogens is 6. The van der Waals surface area contributed by atoms with Crippen LogP contribution < -0.4 is 32.5 Å². The standard InChI is InChI=1S/C56H40B2Cl4N8/c1-33(2)53-50-51(56(52(64-5)49-32-66-45-27-41(60)43(62)29-47(45)68-49)70(53)58(37-22-14-8-15-23-37)38-24-16-9-17-25-38)54(34(3)4)69(57(35-18-10-6-11-19-35)36-20-12-7-13-21-36)55(50)39(30-63)48-31-65-44-26-40(59)42(61)28-46(44)67-48/h6-29,31-34H,1-4H3/b55-39-,56-52+. The highest BCUT2D eigenvalue weighted by Gasteiger charge is 2.37. The molecule has 4 aromatic heterocycles. The second-order valence-electron chi connectivity index (χ2n) is 17.7. The minimum absolute atomic E-state index is 0.188. The van der Waals surface area contributed by atoms with Crippen molar-refractivity contribution in [3.8, 4) is 6.07 Å². The minimum Gasteiger partial charge on any atom is -0.388 e. The SMILES string of the molecule is [C-]#[N+]/C(c1cnc2cc(Cl)c(Cl)cc2n1)=c1\c2c(C(C)C)n(B(c3ccccc3)c3ccccc3)/c(=C(/C#N)c3cnc4cc(Cl)c(Cl)cc4n3)c2c(C(C)C)n1B(c1ccccc1)c1ccccc1. The van der Waals surface area contributed by atoms with Gasteiger partial charge in [0.05, 0.1) is 66.0 Å². The van der Waals surface area contributed by atoms with Crippen LogP contribution in [-0.4, -0.2) is 42.6 Å². The van der Waals surface area contributed by atoms with E-state index in [0.29, 0.717) is 64.2 Å². The number of hydrogen-bond acceptors (Lipinski definition) is 5. The highest BCUT2D eigenvalue weighted by Crippen LogP contribution is 2.34. The second-order valence-corrected chi connectivity index (χ2v) is 19.3. The largest absolute Gasteiger partial charge is 0.388 e. The first-order valence-electron chi connectivity index (χ1n) is 22.8. The molecule has 8 nitrogen and oxygen atoms in total. The summed E-state index contributed by atoms with van der Waals surface area (Å²) in [5.41, 5.74) is 9.09. The average Bonchev–Trinajstić information content (AvgIpc) is 3.87. The van der Waals surface area contributed by atoms with E-state index in [1.54, 1.807) is 36.7 Å². The Morgan fingerprint density at radius 2 is 0.871 bits per heavy atom. The molecule has 0 radical (unpaired) electrons. The van der Waals surface area contributed by atoms with Crippen LogP contribution in [0.3, 0.4) is 0 Å². The first-order valence-corrected chi connectivity index (χ1v) is 24.3. The van der Waals surface area contributed by atoms with E-state index in [1.807, 2.05) is 72.8 Å². The minimum atomic E-state index is -0.462. The van der Waals surface area contributed by atoms with Gasteiger partial charge in [0.15, 0.2) is 0 Å². The van der Waals surface area contributed by atoms with Crippen molar-refractivity contribution in [3.05, 3.63) is 223 Å². The normalized spacial score (nSPS) is 12.4. The summed E-state index contributed by atoms with van der Waals surface area (Å²) in [6, 6.07) is 50.7. The van der Waals surface area contributed by atoms with Gasteiger partial charge in [0.1, 0.15) is 17.3 Å². The molecule has 6 aromatic carbocycles. The van der Waals surface area contributed by atoms with Crippen molar-refractivity contribution in [1.82, 2.24) is 28.9 Å². The zero-order valence-corrected chi connectivity index (χ0v) is 41.4. The molecule has 70 heavy (non-hydrogen) atoms. The Labute approximate surface area is 426 Å². The third kappa shape index (κ3) is 8.21. The number of nitriles is 1. The Kier molecular flexibility index (Phi) is 12.8. The Morgan fingerprint density at radius 3 is 1.24 bits per heavy atom. The fourth-order valence-electron chi connectivity index (χ4n) is 9.84. The van der Waals surface area contributed by atoms with Crippen LogP contribution in [0.2, 0.25) is 20.1 Å². The van der Waals surface area contributed by atoms with Crippen molar-refractivity contribution in [2.45, 2.75) is 39.5 Å². The van der Waals surface area contributed by atoms with Crippen LogP contribution in [0, 0.1) is 17.9 Å². The van der Waals surface area contributed by atoms with Crippen LogP contribution in [0.25, 0.3) is 49.0 Å². The van der Waals surface area contributed by atoms with Gasteiger partial charge in [-0.1, -0.05) is 217 Å². The summed E-state index contributed by atoms with van der Waals surface area (Å²) < 4.78 is 4.63. The van der Waals surface area contributed by atoms with Crippen LogP contribution >= 0.6 is 46.4 Å². The molecule has 10 rings (SSSR count). The lowest BCUT2D eigenvalue weighted by Gasteiger charge is -2.26. The number of benzene rings is 6. The van der Waals surface area contributed by atoms with E-state index >= 15 is 0 Å². The molecule has 0 unspecified atom stereocenters. The van der Waals surface area contributed by atoms with Crippen LogP contribution in [-0.2, 0) is 0 Å². The Bertz CT molecular complexity index is 3540. The molecule has 0 N–H and O–H groups in total. The summed E-state index contributed by atoms with van der Waals surface area (Å²) in [4.78, 5) is 24.4. The molecule has 0 bridgehead atoms. The molecule has 4 heterocycles. The molecule has 0 saturated carbocycles. The van der Waals surface area contributed by atoms with Gasteiger partial charge in [-0.25, -0.2) is 9.83 Å². The summed E-state index contributed by atoms with van der Waals surface area (Å²) in [5.74, 6) is -0.376. The maximum absolute atomic E-state index is 11.9. The van der Waals surface area contributed by atoms with Crippen LogP contribution in [0.15, 0.2) is 158 Å². The number of rotatable bonds is 10. The van der Waals surface area contributed by atoms with Gasteiger partial charge in [-0.2, -0.15) is 5.26 Å². The van der Waals surface area contributed by atoms with Gasteiger partial charge in [0.25, 0.3) is 0 Å². The van der Waals surface area contributed by atoms with Gasteiger partial charge >= 0.3 is 13.7 Å². The van der Waals surface area contributed by atoms with E-state index in [-0.39, 0.29) is 23.1 Å². The molecule has 0 aliphatic rings. The fraction of sp³-hybridized carbons (Fsp3) is 0.107. The zero-order valence-electron chi connectivity index (χ0n) is 38.4. The molecule has 338 valence electrons. The fourth-order valence-corrected chi connectivity index (χ4v) is 10.5.